The maximum absolute atomic E-state index is 6.06. The van der Waals surface area contributed by atoms with Crippen LogP contribution < -0.4 is 0 Å². The molecule has 0 aromatic heterocycles. The Labute approximate surface area is 159 Å². The summed E-state index contributed by atoms with van der Waals surface area (Å²) in [6.07, 6.45) is 10.2. The molecule has 0 saturated heterocycles. The van der Waals surface area contributed by atoms with Crippen LogP contribution in [-0.4, -0.2) is 22.5 Å². The molecule has 2 aliphatic carbocycles. The molecule has 6 nitrogen and oxygen atoms in total. The van der Waals surface area contributed by atoms with Crippen LogP contribution in [-0.2, 0) is 9.78 Å². The third-order valence-corrected chi connectivity index (χ3v) is 4.69. The average Bonchev–Trinajstić information content (AvgIpc) is 2.58. The van der Waals surface area contributed by atoms with E-state index in [9.17, 15) is 0 Å². The van der Waals surface area contributed by atoms with Gasteiger partial charge in [-0.3, -0.25) is 0 Å². The van der Waals surface area contributed by atoms with Gasteiger partial charge in [0, 0.05) is 25.7 Å². The lowest BCUT2D eigenvalue weighted by molar-refractivity contribution is -0.422. The van der Waals surface area contributed by atoms with Crippen LogP contribution in [0.25, 0.3) is 0 Å². The molecule has 0 atom stereocenters. The van der Waals surface area contributed by atoms with E-state index in [0.29, 0.717) is 0 Å². The van der Waals surface area contributed by atoms with Crippen LogP contribution in [0.4, 0.5) is 0 Å². The van der Waals surface area contributed by atoms with Gasteiger partial charge in [0.1, 0.15) is 0 Å². The van der Waals surface area contributed by atoms with Crippen molar-refractivity contribution in [3.63, 3.8) is 0 Å². The van der Waals surface area contributed by atoms with Crippen LogP contribution in [0.3, 0.4) is 0 Å². The minimum absolute atomic E-state index is 0.220. The van der Waals surface area contributed by atoms with E-state index in [1.165, 1.54) is 12.8 Å². The van der Waals surface area contributed by atoms with Crippen LogP contribution in [0, 0.1) is 0 Å². The van der Waals surface area contributed by atoms with Crippen molar-refractivity contribution in [3.8, 4) is 0 Å². The molecule has 0 aliphatic heterocycles. The van der Waals surface area contributed by atoms with Gasteiger partial charge in [0.25, 0.3) is 0 Å². The van der Waals surface area contributed by atoms with Gasteiger partial charge in [0.05, 0.1) is 11.1 Å². The molecule has 26 heavy (non-hydrogen) atoms. The molecule has 6 heteroatoms. The van der Waals surface area contributed by atoms with Crippen molar-refractivity contribution < 1.29 is 9.78 Å². The molecule has 0 heterocycles. The number of rotatable bonds is 5. The van der Waals surface area contributed by atoms with Gasteiger partial charge in [-0.15, -0.1) is 0 Å². The van der Waals surface area contributed by atoms with Gasteiger partial charge >= 0.3 is 0 Å². The van der Waals surface area contributed by atoms with Gasteiger partial charge in [-0.2, -0.15) is 20.5 Å². The number of nitrogens with zero attached hydrogens (tertiary/aromatic N) is 4. The SMILES string of the molecule is CC(C)(C)N=NC1(OOC2(N=NC(C)(C)C)CCCCC2)CCCCC1. The lowest BCUT2D eigenvalue weighted by Crippen LogP contribution is -2.40. The summed E-state index contributed by atoms with van der Waals surface area (Å²) in [7, 11) is 0. The summed E-state index contributed by atoms with van der Waals surface area (Å²) in [6, 6.07) is 0. The van der Waals surface area contributed by atoms with Gasteiger partial charge in [-0.1, -0.05) is 12.8 Å². The Bertz CT molecular complexity index is 445. The third-order valence-electron chi connectivity index (χ3n) is 4.69. The zero-order chi connectivity index (χ0) is 19.3. The molecule has 150 valence electrons. The fraction of sp³-hybridized carbons (Fsp3) is 1.00. The Morgan fingerprint density at radius 3 is 1.12 bits per heavy atom. The summed E-state index contributed by atoms with van der Waals surface area (Å²) < 4.78 is 0. The summed E-state index contributed by atoms with van der Waals surface area (Å²) in [5.41, 5.74) is -1.79. The molecule has 0 radical (unpaired) electrons. The molecular formula is C20H38N4O2. The minimum Gasteiger partial charge on any atom is -0.202 e. The summed E-state index contributed by atoms with van der Waals surface area (Å²) >= 11 is 0. The molecule has 0 amide bonds. The van der Waals surface area contributed by atoms with Crippen LogP contribution in [0.1, 0.15) is 106 Å². The highest BCUT2D eigenvalue weighted by molar-refractivity contribution is 4.84. The average molecular weight is 367 g/mol. The largest absolute Gasteiger partial charge is 0.212 e. The Morgan fingerprint density at radius 1 is 0.538 bits per heavy atom. The molecule has 0 N–H and O–H groups in total. The van der Waals surface area contributed by atoms with Gasteiger partial charge in [-0.05, 0) is 67.2 Å². The summed E-state index contributed by atoms with van der Waals surface area (Å²) in [5.74, 6) is 0. The predicted molar refractivity (Wildman–Crippen MR) is 103 cm³/mol. The second-order valence-electron chi connectivity index (χ2n) is 9.92. The van der Waals surface area contributed by atoms with E-state index in [2.05, 4.69) is 20.5 Å². The van der Waals surface area contributed by atoms with Crippen LogP contribution >= 0.6 is 0 Å². The highest BCUT2D eigenvalue weighted by Gasteiger charge is 2.41. The monoisotopic (exact) mass is 366 g/mol. The standard InChI is InChI=1S/C20H38N4O2/c1-17(2,3)21-23-19(13-9-7-10-14-19)25-26-20(15-11-8-12-16-20)24-22-18(4,5)6/h7-16H2,1-6H3. The third kappa shape index (κ3) is 7.03. The molecule has 2 rings (SSSR count). The summed E-state index contributed by atoms with van der Waals surface area (Å²) in [5, 5.41) is 18.2. The van der Waals surface area contributed by atoms with Crippen LogP contribution in [0.5, 0.6) is 0 Å². The van der Waals surface area contributed by atoms with Gasteiger partial charge in [-0.25, -0.2) is 9.78 Å². The normalized spacial score (nSPS) is 24.4. The highest BCUT2D eigenvalue weighted by Crippen LogP contribution is 2.39. The molecule has 0 aromatic carbocycles. The first-order valence-electron chi connectivity index (χ1n) is 10.3. The summed E-state index contributed by atoms with van der Waals surface area (Å²) in [4.78, 5) is 12.1. The van der Waals surface area contributed by atoms with E-state index < -0.39 is 11.4 Å². The van der Waals surface area contributed by atoms with Gasteiger partial charge in [0.15, 0.2) is 0 Å². The molecule has 0 bridgehead atoms. The zero-order valence-electron chi connectivity index (χ0n) is 17.7. The second kappa shape index (κ2) is 8.42. The Hall–Kier alpha value is -0.880. The van der Waals surface area contributed by atoms with Crippen molar-refractivity contribution in [2.45, 2.75) is 128 Å². The smallest absolute Gasteiger partial charge is 0.202 e. The lowest BCUT2D eigenvalue weighted by Gasteiger charge is -2.37. The Balaban J connectivity index is 2.15. The van der Waals surface area contributed by atoms with E-state index in [-0.39, 0.29) is 11.1 Å². The number of azo groups is 2. The molecule has 0 unspecified atom stereocenters. The van der Waals surface area contributed by atoms with E-state index in [4.69, 9.17) is 9.78 Å². The van der Waals surface area contributed by atoms with Crippen molar-refractivity contribution in [1.29, 1.82) is 0 Å². The number of hydrogen-bond acceptors (Lipinski definition) is 6. The first-order valence-corrected chi connectivity index (χ1v) is 10.3. The quantitative estimate of drug-likeness (QED) is 0.306. The van der Waals surface area contributed by atoms with Gasteiger partial charge in [0.2, 0.25) is 11.4 Å². The number of hydrogen-bond donors (Lipinski definition) is 0. The fourth-order valence-corrected chi connectivity index (χ4v) is 3.25. The minimum atomic E-state index is -0.673. The first-order chi connectivity index (χ1) is 12.0. The zero-order valence-corrected chi connectivity index (χ0v) is 17.7. The van der Waals surface area contributed by atoms with E-state index in [1.54, 1.807) is 0 Å². The predicted octanol–water partition coefficient (Wildman–Crippen LogP) is 6.76. The molecule has 2 saturated carbocycles. The van der Waals surface area contributed by atoms with E-state index >= 15 is 0 Å². The topological polar surface area (TPSA) is 67.9 Å². The van der Waals surface area contributed by atoms with Crippen molar-refractivity contribution in [3.05, 3.63) is 0 Å². The summed E-state index contributed by atoms with van der Waals surface area (Å²) in [6.45, 7) is 12.3. The molecule has 0 aromatic rings. The first kappa shape index (κ1) is 21.4. The molecule has 2 aliphatic rings. The molecule has 2 fully saturated rings. The maximum Gasteiger partial charge on any atom is 0.212 e. The van der Waals surface area contributed by atoms with Crippen LogP contribution in [0.15, 0.2) is 20.5 Å². The van der Waals surface area contributed by atoms with E-state index in [1.807, 2.05) is 41.5 Å². The fourth-order valence-electron chi connectivity index (χ4n) is 3.25. The molecular weight excluding hydrogens is 328 g/mol. The van der Waals surface area contributed by atoms with Crippen molar-refractivity contribution in [2.24, 2.45) is 20.5 Å². The van der Waals surface area contributed by atoms with Crippen LogP contribution in [0.2, 0.25) is 0 Å². The van der Waals surface area contributed by atoms with Crippen molar-refractivity contribution >= 4 is 0 Å². The van der Waals surface area contributed by atoms with Crippen molar-refractivity contribution in [1.82, 2.24) is 0 Å². The maximum atomic E-state index is 6.06. The molecule has 0 spiro atoms. The second-order valence-corrected chi connectivity index (χ2v) is 9.92. The van der Waals surface area contributed by atoms with Crippen molar-refractivity contribution in [2.75, 3.05) is 0 Å². The lowest BCUT2D eigenvalue weighted by atomic mass is 9.92. The van der Waals surface area contributed by atoms with Gasteiger partial charge < -0.3 is 0 Å². The Morgan fingerprint density at radius 2 is 0.846 bits per heavy atom. The Kier molecular flexibility index (Phi) is 6.94. The highest BCUT2D eigenvalue weighted by atomic mass is 17.2. The van der Waals surface area contributed by atoms with E-state index in [0.717, 1.165) is 51.4 Å².